The summed E-state index contributed by atoms with van der Waals surface area (Å²) in [6, 6.07) is 5.23. The number of rotatable bonds is 7. The lowest BCUT2D eigenvalue weighted by Crippen LogP contribution is -2.30. The number of nitrogens with zero attached hydrogens (tertiary/aromatic N) is 3. The highest BCUT2D eigenvalue weighted by Gasteiger charge is 2.28. The number of Topliss-reactive ketones (excluding diaryl/α,β-unsaturated/α-hetero) is 1. The molecule has 1 aromatic carbocycles. The van der Waals surface area contributed by atoms with E-state index in [0.29, 0.717) is 29.4 Å². The van der Waals surface area contributed by atoms with Gasteiger partial charge in [-0.3, -0.25) is 14.2 Å². The number of ketones is 1. The summed E-state index contributed by atoms with van der Waals surface area (Å²) in [6.45, 7) is 4.05. The van der Waals surface area contributed by atoms with E-state index >= 15 is 0 Å². The predicted octanol–water partition coefficient (Wildman–Crippen LogP) is 2.05. The molecular formula is C16H20N4O3S2. The van der Waals surface area contributed by atoms with Crippen LogP contribution in [0.1, 0.15) is 35.6 Å². The Bertz CT molecular complexity index is 893. The fourth-order valence-electron chi connectivity index (χ4n) is 2.70. The third-order valence-electron chi connectivity index (χ3n) is 4.13. The first kappa shape index (κ1) is 17.9. The Kier molecular flexibility index (Phi) is 5.14. The van der Waals surface area contributed by atoms with Crippen molar-refractivity contribution < 1.29 is 13.2 Å². The molecule has 1 aromatic heterocycles. The molecule has 0 atom stereocenters. The molecule has 0 radical (unpaired) electrons. The highest BCUT2D eigenvalue weighted by Crippen LogP contribution is 2.31. The van der Waals surface area contributed by atoms with Gasteiger partial charge in [0.2, 0.25) is 15.2 Å². The number of aromatic nitrogens is 3. The van der Waals surface area contributed by atoms with Crippen LogP contribution >= 0.6 is 11.8 Å². The maximum Gasteiger partial charge on any atom is 0.234 e. The zero-order valence-corrected chi connectivity index (χ0v) is 15.8. The normalized spacial score (nSPS) is 13.9. The molecule has 2 heterocycles. The zero-order chi connectivity index (χ0) is 18.0. The number of fused-ring (bicyclic) bond motifs is 1. The molecule has 3 rings (SSSR count). The second-order valence-corrected chi connectivity index (χ2v) is 8.82. The van der Waals surface area contributed by atoms with Crippen molar-refractivity contribution in [3.63, 3.8) is 0 Å². The van der Waals surface area contributed by atoms with Crippen LogP contribution in [0.5, 0.6) is 0 Å². The Hall–Kier alpha value is -1.87. The van der Waals surface area contributed by atoms with Crippen LogP contribution in [0.4, 0.5) is 5.69 Å². The van der Waals surface area contributed by atoms with Crippen molar-refractivity contribution in [2.45, 2.75) is 31.8 Å². The third-order valence-corrected chi connectivity index (χ3v) is 6.76. The van der Waals surface area contributed by atoms with E-state index in [-0.39, 0.29) is 17.3 Å². The summed E-state index contributed by atoms with van der Waals surface area (Å²) in [6.07, 6.45) is 1.40. The molecule has 0 unspecified atom stereocenters. The van der Waals surface area contributed by atoms with Crippen molar-refractivity contribution in [3.8, 4) is 0 Å². The van der Waals surface area contributed by atoms with Crippen LogP contribution in [0.25, 0.3) is 0 Å². The number of aromatic amines is 1. The summed E-state index contributed by atoms with van der Waals surface area (Å²) in [5, 5.41) is 7.44. The maximum absolute atomic E-state index is 12.4. The summed E-state index contributed by atoms with van der Waals surface area (Å²) in [5.74, 6) is 1.09. The molecule has 0 bridgehead atoms. The zero-order valence-electron chi connectivity index (χ0n) is 14.2. The van der Waals surface area contributed by atoms with Gasteiger partial charge in [0.25, 0.3) is 0 Å². The predicted molar refractivity (Wildman–Crippen MR) is 97.8 cm³/mol. The molecule has 1 aliphatic heterocycles. The number of hydrogen-bond donors (Lipinski definition) is 1. The molecule has 0 saturated heterocycles. The molecule has 134 valence electrons. The van der Waals surface area contributed by atoms with E-state index in [2.05, 4.69) is 15.2 Å². The number of hydrogen-bond acceptors (Lipinski definition) is 6. The fourth-order valence-corrected chi connectivity index (χ4v) is 4.57. The maximum atomic E-state index is 12.4. The van der Waals surface area contributed by atoms with Crippen LogP contribution in [0, 0.1) is 0 Å². The van der Waals surface area contributed by atoms with Crippen molar-refractivity contribution in [1.29, 1.82) is 0 Å². The summed E-state index contributed by atoms with van der Waals surface area (Å²) >= 11 is 1.29. The number of anilines is 1. The lowest BCUT2D eigenvalue weighted by Gasteiger charge is -2.18. The van der Waals surface area contributed by atoms with E-state index in [1.807, 2.05) is 6.92 Å². The molecule has 0 aliphatic carbocycles. The molecule has 1 aliphatic rings. The molecule has 0 spiro atoms. The molecule has 1 N–H and O–H groups in total. The number of carbonyl (C=O) groups excluding carboxylic acids is 1. The molecule has 25 heavy (non-hydrogen) atoms. The second kappa shape index (κ2) is 7.17. The minimum Gasteiger partial charge on any atom is -0.293 e. The van der Waals surface area contributed by atoms with Crippen molar-refractivity contribution in [1.82, 2.24) is 15.2 Å². The molecule has 0 amide bonds. The molecular weight excluding hydrogens is 360 g/mol. The molecule has 2 aromatic rings. The van der Waals surface area contributed by atoms with Gasteiger partial charge in [0, 0.05) is 18.5 Å². The van der Waals surface area contributed by atoms with Crippen molar-refractivity contribution in [2.24, 2.45) is 0 Å². The summed E-state index contributed by atoms with van der Waals surface area (Å²) in [4.78, 5) is 16.7. The van der Waals surface area contributed by atoms with Crippen molar-refractivity contribution >= 4 is 33.3 Å². The highest BCUT2D eigenvalue weighted by atomic mass is 32.2. The number of benzene rings is 1. The van der Waals surface area contributed by atoms with E-state index in [1.165, 1.54) is 16.1 Å². The Morgan fingerprint density at radius 3 is 2.84 bits per heavy atom. The van der Waals surface area contributed by atoms with Crippen LogP contribution in [-0.2, 0) is 22.9 Å². The Labute approximate surface area is 151 Å². The average Bonchev–Trinajstić information content (AvgIpc) is 3.25. The van der Waals surface area contributed by atoms with Crippen LogP contribution < -0.4 is 4.31 Å². The van der Waals surface area contributed by atoms with Gasteiger partial charge in [-0.25, -0.2) is 13.4 Å². The van der Waals surface area contributed by atoms with Crippen LogP contribution in [0.3, 0.4) is 0 Å². The fraction of sp³-hybridized carbons (Fsp3) is 0.438. The number of aryl methyl sites for hydroxylation is 1. The first-order chi connectivity index (χ1) is 11.9. The van der Waals surface area contributed by atoms with Gasteiger partial charge in [-0.15, -0.1) is 5.10 Å². The topological polar surface area (TPSA) is 96.0 Å². The van der Waals surface area contributed by atoms with Gasteiger partial charge in [0.1, 0.15) is 5.82 Å². The summed E-state index contributed by atoms with van der Waals surface area (Å²) in [7, 11) is -3.27. The van der Waals surface area contributed by atoms with Gasteiger partial charge in [0.05, 0.1) is 17.2 Å². The Morgan fingerprint density at radius 2 is 2.16 bits per heavy atom. The number of H-pyrrole nitrogens is 1. The van der Waals surface area contributed by atoms with Crippen LogP contribution in [0.2, 0.25) is 0 Å². The van der Waals surface area contributed by atoms with E-state index in [4.69, 9.17) is 0 Å². The number of thioether (sulfide) groups is 1. The van der Waals surface area contributed by atoms with Gasteiger partial charge < -0.3 is 0 Å². The quantitative estimate of drug-likeness (QED) is 0.583. The number of sulfonamides is 1. The van der Waals surface area contributed by atoms with Gasteiger partial charge in [-0.05, 0) is 37.1 Å². The lowest BCUT2D eigenvalue weighted by atomic mass is 10.1. The van der Waals surface area contributed by atoms with E-state index in [1.54, 1.807) is 25.1 Å². The Balaban J connectivity index is 1.71. The third kappa shape index (κ3) is 3.72. The summed E-state index contributed by atoms with van der Waals surface area (Å²) < 4.78 is 25.7. The minimum absolute atomic E-state index is 0.0209. The van der Waals surface area contributed by atoms with E-state index in [0.717, 1.165) is 17.8 Å². The number of nitrogens with one attached hydrogen (secondary N) is 1. The van der Waals surface area contributed by atoms with Crippen LogP contribution in [-0.4, -0.2) is 47.4 Å². The molecule has 9 heteroatoms. The van der Waals surface area contributed by atoms with Gasteiger partial charge in [0.15, 0.2) is 5.78 Å². The van der Waals surface area contributed by atoms with Gasteiger partial charge in [-0.1, -0.05) is 18.7 Å². The molecule has 7 nitrogen and oxygen atoms in total. The van der Waals surface area contributed by atoms with E-state index in [9.17, 15) is 13.2 Å². The highest BCUT2D eigenvalue weighted by molar-refractivity contribution is 7.99. The molecule has 0 saturated carbocycles. The van der Waals surface area contributed by atoms with Gasteiger partial charge >= 0.3 is 0 Å². The SMILES string of the molecule is CCc1nc(SCC(=O)c2ccc3c(c2)CCN3S(=O)(=O)CC)n[nH]1. The monoisotopic (exact) mass is 380 g/mol. The first-order valence-electron chi connectivity index (χ1n) is 8.15. The first-order valence-corrected chi connectivity index (χ1v) is 10.7. The largest absolute Gasteiger partial charge is 0.293 e. The van der Waals surface area contributed by atoms with Crippen molar-refractivity contribution in [2.75, 3.05) is 22.4 Å². The summed E-state index contributed by atoms with van der Waals surface area (Å²) in [5.41, 5.74) is 2.18. The van der Waals surface area contributed by atoms with Crippen LogP contribution in [0.15, 0.2) is 23.4 Å². The smallest absolute Gasteiger partial charge is 0.234 e. The van der Waals surface area contributed by atoms with E-state index < -0.39 is 10.0 Å². The lowest BCUT2D eigenvalue weighted by molar-refractivity contribution is 0.102. The number of carbonyl (C=O) groups is 1. The molecule has 0 fully saturated rings. The standard InChI is InChI=1S/C16H20N4O3S2/c1-3-15-17-16(19-18-15)24-10-14(21)12-5-6-13-11(9-12)7-8-20(13)25(22,23)4-2/h5-6,9H,3-4,7-8,10H2,1-2H3,(H,17,18,19). The average molecular weight is 380 g/mol. The minimum atomic E-state index is -3.27. The van der Waals surface area contributed by atoms with Gasteiger partial charge in [-0.2, -0.15) is 0 Å². The second-order valence-electron chi connectivity index (χ2n) is 5.70. The Morgan fingerprint density at radius 1 is 1.36 bits per heavy atom. The van der Waals surface area contributed by atoms with Crippen molar-refractivity contribution in [3.05, 3.63) is 35.2 Å².